The number of fused-ring (bicyclic) bond motifs is 1. The highest BCUT2D eigenvalue weighted by atomic mass is 35.5. The number of carbonyl (C=O) groups excluding carboxylic acids is 1. The fourth-order valence-corrected chi connectivity index (χ4v) is 1.55. The molecule has 1 atom stereocenters. The molecule has 1 aliphatic carbocycles. The van der Waals surface area contributed by atoms with Crippen molar-refractivity contribution in [1.82, 2.24) is 0 Å². The van der Waals surface area contributed by atoms with Gasteiger partial charge < -0.3 is 5.11 Å². The van der Waals surface area contributed by atoms with Crippen LogP contribution < -0.4 is 0 Å². The Morgan fingerprint density at radius 2 is 2.27 bits per heavy atom. The first-order valence-electron chi connectivity index (χ1n) is 4.20. The Kier molecular flexibility index (Phi) is 2.28. The second-order valence-corrected chi connectivity index (χ2v) is 3.58. The highest BCUT2D eigenvalue weighted by Crippen LogP contribution is 2.20. The Bertz CT molecular complexity index is 471. The van der Waals surface area contributed by atoms with Gasteiger partial charge in [0.15, 0.2) is 11.5 Å². The molecule has 2 aliphatic rings. The lowest BCUT2D eigenvalue weighted by atomic mass is 9.96. The first-order chi connectivity index (χ1) is 7.08. The zero-order valence-electron chi connectivity index (χ0n) is 7.48. The number of aliphatic imine (C=N–C) groups is 1. The summed E-state index contributed by atoms with van der Waals surface area (Å²) in [7, 11) is 0. The average Bonchev–Trinajstić information content (AvgIpc) is 2.18. The highest BCUT2D eigenvalue weighted by Gasteiger charge is 2.24. The molecule has 0 amide bonds. The van der Waals surface area contributed by atoms with Gasteiger partial charge in [-0.3, -0.25) is 4.79 Å². The van der Waals surface area contributed by atoms with Crippen molar-refractivity contribution in [2.45, 2.75) is 5.38 Å². The molecule has 1 unspecified atom stereocenters. The second-order valence-electron chi connectivity index (χ2n) is 3.08. The molecule has 0 saturated carbocycles. The first kappa shape index (κ1) is 9.86. The Labute approximate surface area is 90.3 Å². The average molecular weight is 224 g/mol. The van der Waals surface area contributed by atoms with Gasteiger partial charge in [0.1, 0.15) is 0 Å². The minimum Gasteiger partial charge on any atom is -0.477 e. The standard InChI is InChI=1S/C10H6ClNO3/c11-5-1-2-7-6(3-5)9(13)4-8(12-7)10(14)15/h1-5H,(H,14,15). The minimum atomic E-state index is -1.21. The number of hydrogen-bond acceptors (Lipinski definition) is 3. The van der Waals surface area contributed by atoms with Crippen molar-refractivity contribution in [2.24, 2.45) is 4.99 Å². The summed E-state index contributed by atoms with van der Waals surface area (Å²) in [6, 6.07) is 0. The summed E-state index contributed by atoms with van der Waals surface area (Å²) in [5.41, 5.74) is 0.476. The van der Waals surface area contributed by atoms with Crippen molar-refractivity contribution < 1.29 is 14.7 Å². The third-order valence-corrected chi connectivity index (χ3v) is 2.30. The van der Waals surface area contributed by atoms with Crippen molar-refractivity contribution >= 4 is 29.1 Å². The predicted molar refractivity (Wildman–Crippen MR) is 55.0 cm³/mol. The molecule has 76 valence electrons. The van der Waals surface area contributed by atoms with Crippen LogP contribution in [-0.4, -0.2) is 27.9 Å². The monoisotopic (exact) mass is 223 g/mol. The number of hydrogen-bond donors (Lipinski definition) is 1. The molecule has 0 aromatic carbocycles. The Morgan fingerprint density at radius 1 is 1.53 bits per heavy atom. The summed E-state index contributed by atoms with van der Waals surface area (Å²) in [5.74, 6) is -1.58. The quantitative estimate of drug-likeness (QED) is 0.677. The van der Waals surface area contributed by atoms with Crippen LogP contribution >= 0.6 is 11.6 Å². The van der Waals surface area contributed by atoms with E-state index < -0.39 is 5.97 Å². The van der Waals surface area contributed by atoms with Crippen molar-refractivity contribution in [2.75, 3.05) is 0 Å². The molecule has 1 aliphatic heterocycles. The van der Waals surface area contributed by atoms with Gasteiger partial charge in [0.2, 0.25) is 0 Å². The molecule has 1 heterocycles. The number of ketones is 1. The van der Waals surface area contributed by atoms with E-state index in [1.54, 1.807) is 18.2 Å². The number of rotatable bonds is 1. The Hall–Kier alpha value is -1.68. The first-order valence-corrected chi connectivity index (χ1v) is 4.64. The number of aliphatic carboxylic acids is 1. The zero-order valence-corrected chi connectivity index (χ0v) is 8.23. The van der Waals surface area contributed by atoms with Crippen LogP contribution in [0.4, 0.5) is 0 Å². The topological polar surface area (TPSA) is 66.7 Å². The summed E-state index contributed by atoms with van der Waals surface area (Å²) < 4.78 is 0. The normalized spacial score (nSPS) is 23.9. The molecular formula is C10H6ClNO3. The predicted octanol–water partition coefficient (Wildman–Crippen LogP) is 1.08. The van der Waals surface area contributed by atoms with Crippen LogP contribution in [0.1, 0.15) is 0 Å². The number of halogens is 1. The molecule has 0 saturated heterocycles. The molecule has 0 bridgehead atoms. The van der Waals surface area contributed by atoms with Crippen LogP contribution in [-0.2, 0) is 9.59 Å². The molecule has 1 N–H and O–H groups in total. The van der Waals surface area contributed by atoms with Crippen molar-refractivity contribution in [3.05, 3.63) is 35.6 Å². The summed E-state index contributed by atoms with van der Waals surface area (Å²) in [4.78, 5) is 26.0. The molecule has 0 aromatic heterocycles. The summed E-state index contributed by atoms with van der Waals surface area (Å²) in [5, 5.41) is 8.36. The Balaban J connectivity index is 2.46. The molecule has 2 rings (SSSR count). The van der Waals surface area contributed by atoms with Gasteiger partial charge in [-0.25, -0.2) is 9.79 Å². The van der Waals surface area contributed by atoms with Crippen molar-refractivity contribution in [3.63, 3.8) is 0 Å². The molecule has 0 fully saturated rings. The molecule has 4 nitrogen and oxygen atoms in total. The number of carboxylic acids is 1. The van der Waals surface area contributed by atoms with Crippen LogP contribution in [0, 0.1) is 0 Å². The van der Waals surface area contributed by atoms with Crippen LogP contribution in [0.5, 0.6) is 0 Å². The fourth-order valence-electron chi connectivity index (χ4n) is 1.35. The zero-order chi connectivity index (χ0) is 11.0. The van der Waals surface area contributed by atoms with E-state index in [1.165, 1.54) is 0 Å². The minimum absolute atomic E-state index is 0.246. The van der Waals surface area contributed by atoms with E-state index in [0.717, 1.165) is 6.08 Å². The van der Waals surface area contributed by atoms with E-state index in [2.05, 4.69) is 4.99 Å². The third-order valence-electron chi connectivity index (χ3n) is 2.03. The smallest absolute Gasteiger partial charge is 0.354 e. The van der Waals surface area contributed by atoms with E-state index >= 15 is 0 Å². The van der Waals surface area contributed by atoms with Crippen LogP contribution in [0.15, 0.2) is 40.6 Å². The van der Waals surface area contributed by atoms with Crippen LogP contribution in [0.3, 0.4) is 0 Å². The van der Waals surface area contributed by atoms with Gasteiger partial charge in [0.25, 0.3) is 0 Å². The van der Waals surface area contributed by atoms with E-state index in [1.807, 2.05) is 0 Å². The molecule has 15 heavy (non-hydrogen) atoms. The third kappa shape index (κ3) is 1.76. The number of carbonyl (C=O) groups is 2. The number of alkyl halides is 1. The van der Waals surface area contributed by atoms with Gasteiger partial charge in [-0.1, -0.05) is 6.08 Å². The lowest BCUT2D eigenvalue weighted by molar-refractivity contribution is -0.133. The van der Waals surface area contributed by atoms with Crippen LogP contribution in [0.2, 0.25) is 0 Å². The Morgan fingerprint density at radius 3 is 2.93 bits per heavy atom. The van der Waals surface area contributed by atoms with E-state index in [4.69, 9.17) is 16.7 Å². The van der Waals surface area contributed by atoms with Crippen LogP contribution in [0.25, 0.3) is 0 Å². The molecular weight excluding hydrogens is 218 g/mol. The number of carboxylic acid groups (broad SMARTS) is 1. The lowest BCUT2D eigenvalue weighted by Gasteiger charge is -2.15. The molecule has 5 heteroatoms. The maximum Gasteiger partial charge on any atom is 0.354 e. The summed E-state index contributed by atoms with van der Waals surface area (Å²) >= 11 is 5.79. The van der Waals surface area contributed by atoms with Gasteiger partial charge in [-0.15, -0.1) is 11.6 Å². The van der Waals surface area contributed by atoms with Gasteiger partial charge in [0.05, 0.1) is 11.1 Å². The molecule has 0 aromatic rings. The summed E-state index contributed by atoms with van der Waals surface area (Å²) in [6.07, 6.45) is 5.75. The van der Waals surface area contributed by atoms with Crippen molar-refractivity contribution in [3.8, 4) is 0 Å². The molecule has 0 radical (unpaired) electrons. The van der Waals surface area contributed by atoms with Gasteiger partial charge in [-0.2, -0.15) is 0 Å². The van der Waals surface area contributed by atoms with E-state index in [9.17, 15) is 9.59 Å². The fraction of sp³-hybridized carbons (Fsp3) is 0.100. The van der Waals surface area contributed by atoms with E-state index in [-0.39, 0.29) is 16.9 Å². The number of allylic oxidation sites excluding steroid dienone is 5. The summed E-state index contributed by atoms with van der Waals surface area (Å²) in [6.45, 7) is 0. The second kappa shape index (κ2) is 3.47. The SMILES string of the molecule is O=C(O)C1=CC(=O)C2=CC(Cl)C=CC2=N1. The van der Waals surface area contributed by atoms with Crippen molar-refractivity contribution in [1.29, 1.82) is 0 Å². The highest BCUT2D eigenvalue weighted by molar-refractivity contribution is 6.35. The lowest BCUT2D eigenvalue weighted by Crippen LogP contribution is -2.20. The largest absolute Gasteiger partial charge is 0.477 e. The van der Waals surface area contributed by atoms with Gasteiger partial charge in [-0.05, 0) is 12.2 Å². The maximum absolute atomic E-state index is 11.5. The van der Waals surface area contributed by atoms with E-state index in [0.29, 0.717) is 11.3 Å². The maximum atomic E-state index is 11.5. The van der Waals surface area contributed by atoms with Gasteiger partial charge >= 0.3 is 5.97 Å². The molecule has 0 spiro atoms. The number of nitrogens with zero attached hydrogens (tertiary/aromatic N) is 1. The van der Waals surface area contributed by atoms with Gasteiger partial charge in [0, 0.05) is 11.6 Å².